The molecule has 6 rings (SSSR count). The predicted octanol–water partition coefficient (Wildman–Crippen LogP) is 8.95. The number of esters is 1. The lowest BCUT2D eigenvalue weighted by Gasteiger charge is -2.14. The zero-order chi connectivity index (χ0) is 25.4. The van der Waals surface area contributed by atoms with Crippen LogP contribution in [-0.4, -0.2) is 17.1 Å². The zero-order valence-corrected chi connectivity index (χ0v) is 21.1. The molecular weight excluding hydrogens is 478 g/mol. The molecule has 0 atom stereocenters. The molecule has 1 aromatic heterocycles. The normalized spacial score (nSPS) is 11.2. The maximum atomic E-state index is 12.9. The quantitative estimate of drug-likeness (QED) is 0.221. The summed E-state index contributed by atoms with van der Waals surface area (Å²) in [7, 11) is 0. The maximum absolute atomic E-state index is 12.9. The van der Waals surface area contributed by atoms with Crippen LogP contribution >= 0.6 is 11.6 Å². The van der Waals surface area contributed by atoms with Gasteiger partial charge in [0, 0.05) is 27.0 Å². The minimum Gasteiger partial charge on any atom is -0.462 e. The number of benzene rings is 5. The third-order valence-corrected chi connectivity index (χ3v) is 7.05. The highest BCUT2D eigenvalue weighted by Gasteiger charge is 2.18. The van der Waals surface area contributed by atoms with Crippen molar-refractivity contribution < 1.29 is 9.53 Å². The Morgan fingerprint density at radius 3 is 1.95 bits per heavy atom. The molecule has 0 spiro atoms. The van der Waals surface area contributed by atoms with Gasteiger partial charge in [-0.25, -0.2) is 4.79 Å². The molecule has 0 aliphatic rings. The third kappa shape index (κ3) is 4.08. The fourth-order valence-corrected chi connectivity index (χ4v) is 5.26. The van der Waals surface area contributed by atoms with Crippen LogP contribution in [0.4, 0.5) is 0 Å². The predicted molar refractivity (Wildman–Crippen MR) is 153 cm³/mol. The van der Waals surface area contributed by atoms with E-state index in [2.05, 4.69) is 77.4 Å². The lowest BCUT2D eigenvalue weighted by atomic mass is 9.94. The number of halogens is 1. The number of hydrogen-bond acceptors (Lipinski definition) is 2. The van der Waals surface area contributed by atoms with Gasteiger partial charge in [0.15, 0.2) is 0 Å². The van der Waals surface area contributed by atoms with Gasteiger partial charge in [0.2, 0.25) is 0 Å². The van der Waals surface area contributed by atoms with Crippen LogP contribution in [-0.2, 0) is 4.74 Å². The molecule has 0 unspecified atom stereocenters. The minimum atomic E-state index is -0.360. The molecule has 180 valence electrons. The number of aromatic nitrogens is 1. The third-order valence-electron chi connectivity index (χ3n) is 6.72. The van der Waals surface area contributed by atoms with Gasteiger partial charge in [-0.1, -0.05) is 90.5 Å². The molecular formula is C33H24ClNO2. The second-order valence-corrected chi connectivity index (χ2v) is 9.28. The van der Waals surface area contributed by atoms with Gasteiger partial charge in [-0.15, -0.1) is 0 Å². The molecule has 0 radical (unpaired) electrons. The van der Waals surface area contributed by atoms with E-state index < -0.39 is 0 Å². The number of para-hydroxylation sites is 2. The zero-order valence-electron chi connectivity index (χ0n) is 20.3. The summed E-state index contributed by atoms with van der Waals surface area (Å²) in [5.74, 6) is -0.360. The molecule has 4 heteroatoms. The molecule has 0 saturated carbocycles. The Morgan fingerprint density at radius 2 is 1.30 bits per heavy atom. The van der Waals surface area contributed by atoms with Gasteiger partial charge in [-0.3, -0.25) is 0 Å². The number of fused-ring (bicyclic) bond motifs is 3. The Morgan fingerprint density at radius 1 is 0.703 bits per heavy atom. The van der Waals surface area contributed by atoms with Crippen molar-refractivity contribution in [3.05, 3.63) is 126 Å². The van der Waals surface area contributed by atoms with E-state index in [0.717, 1.165) is 27.9 Å². The van der Waals surface area contributed by atoms with E-state index in [-0.39, 0.29) is 5.97 Å². The highest BCUT2D eigenvalue weighted by molar-refractivity contribution is 6.33. The summed E-state index contributed by atoms with van der Waals surface area (Å²) in [5, 5.41) is 3.06. The van der Waals surface area contributed by atoms with E-state index in [9.17, 15) is 4.79 Å². The van der Waals surface area contributed by atoms with E-state index in [0.29, 0.717) is 17.2 Å². The fraction of sp³-hybridized carbons (Fsp3) is 0.0606. The SMILES string of the molecule is CCOC(=O)c1cc(-c2ccc(-n3c4ccccc4c4ccccc43)cc2)ccc1-c1ccccc1Cl. The minimum absolute atomic E-state index is 0.304. The van der Waals surface area contributed by atoms with Crippen molar-refractivity contribution in [3.63, 3.8) is 0 Å². The first-order valence-electron chi connectivity index (χ1n) is 12.3. The van der Waals surface area contributed by atoms with Crippen LogP contribution in [0.3, 0.4) is 0 Å². The molecule has 37 heavy (non-hydrogen) atoms. The first kappa shape index (κ1) is 23.1. The van der Waals surface area contributed by atoms with E-state index in [4.69, 9.17) is 16.3 Å². The monoisotopic (exact) mass is 501 g/mol. The van der Waals surface area contributed by atoms with Crippen molar-refractivity contribution in [2.45, 2.75) is 6.92 Å². The molecule has 6 aromatic rings. The van der Waals surface area contributed by atoms with E-state index in [1.807, 2.05) is 49.4 Å². The summed E-state index contributed by atoms with van der Waals surface area (Å²) < 4.78 is 7.68. The molecule has 1 heterocycles. The van der Waals surface area contributed by atoms with Crippen molar-refractivity contribution >= 4 is 39.4 Å². The Bertz CT molecular complexity index is 1710. The summed E-state index contributed by atoms with van der Waals surface area (Å²) in [6, 6.07) is 38.8. The lowest BCUT2D eigenvalue weighted by molar-refractivity contribution is 0.0527. The smallest absolute Gasteiger partial charge is 0.338 e. The maximum Gasteiger partial charge on any atom is 0.338 e. The molecule has 0 amide bonds. The largest absolute Gasteiger partial charge is 0.462 e. The highest BCUT2D eigenvalue weighted by Crippen LogP contribution is 2.35. The van der Waals surface area contributed by atoms with Crippen LogP contribution in [0.25, 0.3) is 49.7 Å². The fourth-order valence-electron chi connectivity index (χ4n) is 5.02. The molecule has 0 saturated heterocycles. The lowest BCUT2D eigenvalue weighted by Crippen LogP contribution is -2.07. The van der Waals surface area contributed by atoms with Gasteiger partial charge in [0.1, 0.15) is 0 Å². The number of hydrogen-bond donors (Lipinski definition) is 0. The molecule has 0 aliphatic carbocycles. The summed E-state index contributed by atoms with van der Waals surface area (Å²) in [6.45, 7) is 2.11. The first-order chi connectivity index (χ1) is 18.2. The van der Waals surface area contributed by atoms with Crippen molar-refractivity contribution in [1.29, 1.82) is 0 Å². The number of ether oxygens (including phenoxy) is 1. The summed E-state index contributed by atoms with van der Waals surface area (Å²) in [6.07, 6.45) is 0. The average Bonchev–Trinajstić information content (AvgIpc) is 3.28. The van der Waals surface area contributed by atoms with Crippen molar-refractivity contribution in [2.75, 3.05) is 6.61 Å². The van der Waals surface area contributed by atoms with E-state index in [1.54, 1.807) is 0 Å². The highest BCUT2D eigenvalue weighted by atomic mass is 35.5. The first-order valence-corrected chi connectivity index (χ1v) is 12.7. The van der Waals surface area contributed by atoms with Gasteiger partial charge in [0.05, 0.1) is 23.2 Å². The van der Waals surface area contributed by atoms with Crippen LogP contribution in [0.1, 0.15) is 17.3 Å². The Balaban J connectivity index is 1.44. The van der Waals surface area contributed by atoms with Crippen molar-refractivity contribution in [1.82, 2.24) is 4.57 Å². The Hall–Kier alpha value is -4.34. The second kappa shape index (κ2) is 9.61. The van der Waals surface area contributed by atoms with Crippen LogP contribution < -0.4 is 0 Å². The van der Waals surface area contributed by atoms with E-state index >= 15 is 0 Å². The van der Waals surface area contributed by atoms with Gasteiger partial charge in [-0.2, -0.15) is 0 Å². The van der Waals surface area contributed by atoms with Gasteiger partial charge in [-0.05, 0) is 60.0 Å². The molecule has 3 nitrogen and oxygen atoms in total. The van der Waals surface area contributed by atoms with Crippen LogP contribution in [0.5, 0.6) is 0 Å². The number of rotatable bonds is 5. The van der Waals surface area contributed by atoms with Crippen molar-refractivity contribution in [2.24, 2.45) is 0 Å². The van der Waals surface area contributed by atoms with Crippen LogP contribution in [0.15, 0.2) is 115 Å². The van der Waals surface area contributed by atoms with Gasteiger partial charge >= 0.3 is 5.97 Å². The van der Waals surface area contributed by atoms with Gasteiger partial charge < -0.3 is 9.30 Å². The number of carbonyl (C=O) groups excluding carboxylic acids is 1. The van der Waals surface area contributed by atoms with Gasteiger partial charge in [0.25, 0.3) is 0 Å². The number of carbonyl (C=O) groups is 1. The molecule has 0 N–H and O–H groups in total. The van der Waals surface area contributed by atoms with E-state index in [1.165, 1.54) is 21.8 Å². The summed E-state index contributed by atoms with van der Waals surface area (Å²) >= 11 is 6.46. The van der Waals surface area contributed by atoms with Crippen molar-refractivity contribution in [3.8, 4) is 27.9 Å². The topological polar surface area (TPSA) is 31.2 Å². The average molecular weight is 502 g/mol. The molecule has 0 aliphatic heterocycles. The molecule has 5 aromatic carbocycles. The standard InChI is InChI=1S/C33H24ClNO2/c1-2-37-33(36)29-21-23(17-20-25(29)26-9-3-6-12-30(26)34)22-15-18-24(19-16-22)35-31-13-7-4-10-27(31)28-11-5-8-14-32(28)35/h3-21H,2H2,1H3. The summed E-state index contributed by atoms with van der Waals surface area (Å²) in [5.41, 5.74) is 7.44. The summed E-state index contributed by atoms with van der Waals surface area (Å²) in [4.78, 5) is 12.9. The Kier molecular flexibility index (Phi) is 5.99. The van der Waals surface area contributed by atoms with Crippen LogP contribution in [0, 0.1) is 0 Å². The van der Waals surface area contributed by atoms with Crippen LogP contribution in [0.2, 0.25) is 5.02 Å². The Labute approximate surface area is 220 Å². The second-order valence-electron chi connectivity index (χ2n) is 8.88. The molecule has 0 fully saturated rings. The number of nitrogens with zero attached hydrogens (tertiary/aromatic N) is 1. The molecule has 0 bridgehead atoms.